The Balaban J connectivity index is 2.19. The highest BCUT2D eigenvalue weighted by atomic mass is 79.9. The zero-order chi connectivity index (χ0) is 14.0. The molecule has 0 unspecified atom stereocenters. The molecule has 0 spiro atoms. The summed E-state index contributed by atoms with van der Waals surface area (Å²) in [6, 6.07) is 10.0. The van der Waals surface area contributed by atoms with Gasteiger partial charge in [0.1, 0.15) is 0 Å². The van der Waals surface area contributed by atoms with Crippen LogP contribution < -0.4 is 0 Å². The second kappa shape index (κ2) is 5.61. The van der Waals surface area contributed by atoms with Gasteiger partial charge in [-0.3, -0.25) is 0 Å². The molecule has 1 heterocycles. The number of benzene rings is 1. The van der Waals surface area contributed by atoms with Crippen molar-refractivity contribution in [3.8, 4) is 0 Å². The summed E-state index contributed by atoms with van der Waals surface area (Å²) in [5.74, 6) is -0.388. The van der Waals surface area contributed by atoms with Crippen molar-refractivity contribution in [3.05, 3.63) is 57.8 Å². The van der Waals surface area contributed by atoms with Crippen molar-refractivity contribution in [2.45, 2.75) is 26.3 Å². The molecule has 0 fully saturated rings. The van der Waals surface area contributed by atoms with E-state index in [1.54, 1.807) is 12.3 Å². The monoisotopic (exact) mass is 321 g/mol. The zero-order valence-corrected chi connectivity index (χ0v) is 12.5. The molecule has 0 aliphatic carbocycles. The molecule has 1 aromatic carbocycles. The molecule has 19 heavy (non-hydrogen) atoms. The van der Waals surface area contributed by atoms with Crippen LogP contribution in [0.15, 0.2) is 41.1 Å². The van der Waals surface area contributed by atoms with Gasteiger partial charge in [-0.25, -0.2) is 4.79 Å². The molecule has 2 aromatic rings. The van der Waals surface area contributed by atoms with Gasteiger partial charge >= 0.3 is 5.97 Å². The fourth-order valence-corrected chi connectivity index (χ4v) is 2.40. The van der Waals surface area contributed by atoms with E-state index in [0.717, 1.165) is 10.2 Å². The summed E-state index contributed by atoms with van der Waals surface area (Å²) >= 11 is 3.38. The summed E-state index contributed by atoms with van der Waals surface area (Å²) < 4.78 is 2.66. The quantitative estimate of drug-likeness (QED) is 0.920. The molecule has 0 bridgehead atoms. The number of nitrogens with zero attached hydrogens (tertiary/aromatic N) is 1. The van der Waals surface area contributed by atoms with Crippen molar-refractivity contribution in [3.63, 3.8) is 0 Å². The van der Waals surface area contributed by atoms with Crippen LogP contribution in [-0.2, 0) is 6.54 Å². The lowest BCUT2D eigenvalue weighted by Crippen LogP contribution is -1.99. The van der Waals surface area contributed by atoms with E-state index in [0.29, 0.717) is 18.0 Å². The summed E-state index contributed by atoms with van der Waals surface area (Å²) in [7, 11) is 0. The smallest absolute Gasteiger partial charge is 0.337 e. The van der Waals surface area contributed by atoms with E-state index in [2.05, 4.69) is 54.0 Å². The van der Waals surface area contributed by atoms with Crippen LogP contribution >= 0.6 is 15.9 Å². The number of hydrogen-bond acceptors (Lipinski definition) is 1. The highest BCUT2D eigenvalue weighted by Gasteiger charge is 2.09. The Kier molecular flexibility index (Phi) is 4.10. The van der Waals surface area contributed by atoms with E-state index in [-0.39, 0.29) is 0 Å². The Hall–Kier alpha value is -1.55. The Morgan fingerprint density at radius 3 is 2.42 bits per heavy atom. The third-order valence-electron chi connectivity index (χ3n) is 3.09. The average molecular weight is 322 g/mol. The SMILES string of the molecule is CC(C)c1ccc(Cn2cc(C(=O)O)cc2Br)cc1. The maximum atomic E-state index is 10.9. The van der Waals surface area contributed by atoms with Gasteiger partial charge in [0.2, 0.25) is 0 Å². The number of carboxylic acids is 1. The van der Waals surface area contributed by atoms with Crippen molar-refractivity contribution in [1.82, 2.24) is 4.57 Å². The van der Waals surface area contributed by atoms with Crippen LogP contribution in [0.4, 0.5) is 0 Å². The van der Waals surface area contributed by atoms with Crippen LogP contribution in [0, 0.1) is 0 Å². The summed E-state index contributed by atoms with van der Waals surface area (Å²) in [6.07, 6.45) is 1.64. The van der Waals surface area contributed by atoms with E-state index >= 15 is 0 Å². The van der Waals surface area contributed by atoms with E-state index in [1.807, 2.05) is 4.57 Å². The molecule has 100 valence electrons. The first kappa shape index (κ1) is 13.9. The summed E-state index contributed by atoms with van der Waals surface area (Å²) in [6.45, 7) is 4.99. The molecule has 4 heteroatoms. The van der Waals surface area contributed by atoms with Crippen molar-refractivity contribution < 1.29 is 9.90 Å². The predicted octanol–water partition coefficient (Wildman–Crippen LogP) is 4.12. The summed E-state index contributed by atoms with van der Waals surface area (Å²) in [5, 5.41) is 8.95. The number of rotatable bonds is 4. The molecule has 2 rings (SSSR count). The van der Waals surface area contributed by atoms with Gasteiger partial charge in [0.15, 0.2) is 0 Å². The van der Waals surface area contributed by atoms with Gasteiger partial charge in [-0.1, -0.05) is 38.1 Å². The number of aromatic nitrogens is 1. The molecule has 1 aromatic heterocycles. The lowest BCUT2D eigenvalue weighted by molar-refractivity contribution is 0.0697. The van der Waals surface area contributed by atoms with Gasteiger partial charge in [0, 0.05) is 12.7 Å². The molecule has 0 aliphatic rings. The molecule has 0 saturated heterocycles. The normalized spacial score (nSPS) is 10.9. The van der Waals surface area contributed by atoms with Crippen LogP contribution in [0.25, 0.3) is 0 Å². The third-order valence-corrected chi connectivity index (χ3v) is 3.77. The molecule has 0 aliphatic heterocycles. The predicted molar refractivity (Wildman–Crippen MR) is 78.7 cm³/mol. The number of halogens is 1. The molecule has 0 saturated carbocycles. The molecule has 0 atom stereocenters. The van der Waals surface area contributed by atoms with Crippen molar-refractivity contribution in [2.75, 3.05) is 0 Å². The molecule has 0 radical (unpaired) electrons. The van der Waals surface area contributed by atoms with Crippen molar-refractivity contribution >= 4 is 21.9 Å². The lowest BCUT2D eigenvalue weighted by atomic mass is 10.0. The first-order chi connectivity index (χ1) is 8.97. The molecule has 3 nitrogen and oxygen atoms in total. The molecular weight excluding hydrogens is 306 g/mol. The highest BCUT2D eigenvalue weighted by molar-refractivity contribution is 9.10. The van der Waals surface area contributed by atoms with Crippen molar-refractivity contribution in [2.24, 2.45) is 0 Å². The minimum absolute atomic E-state index is 0.297. The van der Waals surface area contributed by atoms with Gasteiger partial charge in [-0.2, -0.15) is 0 Å². The first-order valence-electron chi connectivity index (χ1n) is 6.15. The minimum Gasteiger partial charge on any atom is -0.478 e. The Morgan fingerprint density at radius 1 is 1.32 bits per heavy atom. The highest BCUT2D eigenvalue weighted by Crippen LogP contribution is 2.19. The maximum absolute atomic E-state index is 10.9. The zero-order valence-electron chi connectivity index (χ0n) is 10.9. The molecule has 0 amide bonds. The van der Waals surface area contributed by atoms with Crippen LogP contribution in [-0.4, -0.2) is 15.6 Å². The maximum Gasteiger partial charge on any atom is 0.337 e. The molecule has 1 N–H and O–H groups in total. The van der Waals surface area contributed by atoms with Gasteiger partial charge < -0.3 is 9.67 Å². The third kappa shape index (κ3) is 3.26. The fraction of sp³-hybridized carbons (Fsp3) is 0.267. The van der Waals surface area contributed by atoms with Crippen molar-refractivity contribution in [1.29, 1.82) is 0 Å². The van der Waals surface area contributed by atoms with Gasteiger partial charge in [0.25, 0.3) is 0 Å². The molecular formula is C15H16BrNO2. The minimum atomic E-state index is -0.908. The number of carbonyl (C=O) groups is 1. The number of aromatic carboxylic acids is 1. The second-order valence-corrected chi connectivity index (χ2v) is 5.69. The van der Waals surface area contributed by atoms with Crippen LogP contribution in [0.3, 0.4) is 0 Å². The van der Waals surface area contributed by atoms with E-state index in [1.165, 1.54) is 5.56 Å². The van der Waals surface area contributed by atoms with E-state index in [4.69, 9.17) is 5.11 Å². The van der Waals surface area contributed by atoms with Crippen LogP contribution in [0.1, 0.15) is 41.3 Å². The van der Waals surface area contributed by atoms with Crippen LogP contribution in [0.5, 0.6) is 0 Å². The summed E-state index contributed by atoms with van der Waals surface area (Å²) in [5.41, 5.74) is 2.75. The van der Waals surface area contributed by atoms with Gasteiger partial charge in [-0.05, 0) is 39.0 Å². The Morgan fingerprint density at radius 2 is 1.95 bits per heavy atom. The second-order valence-electron chi connectivity index (χ2n) is 4.88. The first-order valence-corrected chi connectivity index (χ1v) is 6.94. The van der Waals surface area contributed by atoms with E-state index < -0.39 is 5.97 Å². The summed E-state index contributed by atoms with van der Waals surface area (Å²) in [4.78, 5) is 10.9. The van der Waals surface area contributed by atoms with E-state index in [9.17, 15) is 4.79 Å². The standard InChI is InChI=1S/C15H16BrNO2/c1-10(2)12-5-3-11(4-6-12)8-17-9-13(15(18)19)7-14(17)16/h3-7,9-10H,8H2,1-2H3,(H,18,19). The van der Waals surface area contributed by atoms with Gasteiger partial charge in [-0.15, -0.1) is 0 Å². The number of carboxylic acid groups (broad SMARTS) is 1. The fourth-order valence-electron chi connectivity index (χ4n) is 1.92. The largest absolute Gasteiger partial charge is 0.478 e. The van der Waals surface area contributed by atoms with Gasteiger partial charge in [0.05, 0.1) is 10.2 Å². The average Bonchev–Trinajstić information content (AvgIpc) is 2.72. The Labute approximate surface area is 121 Å². The van der Waals surface area contributed by atoms with Crippen LogP contribution in [0.2, 0.25) is 0 Å². The Bertz CT molecular complexity index is 585. The topological polar surface area (TPSA) is 42.2 Å². The lowest BCUT2D eigenvalue weighted by Gasteiger charge is -2.08. The number of hydrogen-bond donors (Lipinski definition) is 1.